The number of hydrogen-bond donors (Lipinski definition) is 1. The minimum absolute atomic E-state index is 0.684. The topological polar surface area (TPSA) is 43.8 Å². The van der Waals surface area contributed by atoms with Crippen molar-refractivity contribution in [1.29, 1.82) is 0 Å². The van der Waals surface area contributed by atoms with Gasteiger partial charge >= 0.3 is 0 Å². The fourth-order valence-electron chi connectivity index (χ4n) is 2.07. The zero-order valence-electron chi connectivity index (χ0n) is 10.6. The summed E-state index contributed by atoms with van der Waals surface area (Å²) >= 11 is 7.49. The van der Waals surface area contributed by atoms with E-state index in [0.717, 1.165) is 26.9 Å². The lowest BCUT2D eigenvalue weighted by molar-refractivity contribution is 0.782. The van der Waals surface area contributed by atoms with Gasteiger partial charge in [-0.05, 0) is 46.4 Å². The highest BCUT2D eigenvalue weighted by molar-refractivity contribution is 14.1. The molecule has 2 N–H and O–H groups in total. The highest BCUT2D eigenvalue weighted by Crippen LogP contribution is 2.38. The van der Waals surface area contributed by atoms with Crippen molar-refractivity contribution in [2.45, 2.75) is 0 Å². The van der Waals surface area contributed by atoms with E-state index in [9.17, 15) is 0 Å². The van der Waals surface area contributed by atoms with E-state index in [1.807, 2.05) is 19.2 Å². The summed E-state index contributed by atoms with van der Waals surface area (Å²) in [6, 6.07) is 10.3. The van der Waals surface area contributed by atoms with Crippen LogP contribution in [0.15, 0.2) is 40.2 Å². The number of halogens is 2. The van der Waals surface area contributed by atoms with Crippen LogP contribution in [0.1, 0.15) is 0 Å². The van der Waals surface area contributed by atoms with Crippen LogP contribution in [-0.2, 0) is 7.05 Å². The molecule has 0 amide bonds. The Morgan fingerprint density at radius 2 is 1.95 bits per heavy atom. The molecule has 2 heterocycles. The zero-order chi connectivity index (χ0) is 14.3. The van der Waals surface area contributed by atoms with Crippen LogP contribution in [0.4, 0.5) is 5.82 Å². The summed E-state index contributed by atoms with van der Waals surface area (Å²) in [5.74, 6) is 0.684. The SMILES string of the molecule is Cn1nc(-c2csc(I)c2)c(-c2ccc(Br)cc2)c1N. The van der Waals surface area contributed by atoms with Crippen LogP contribution in [-0.4, -0.2) is 9.78 Å². The molecule has 0 spiro atoms. The number of aromatic nitrogens is 2. The Morgan fingerprint density at radius 3 is 2.55 bits per heavy atom. The van der Waals surface area contributed by atoms with E-state index in [2.05, 4.69) is 67.2 Å². The maximum atomic E-state index is 6.21. The van der Waals surface area contributed by atoms with Crippen LogP contribution in [0.2, 0.25) is 0 Å². The highest BCUT2D eigenvalue weighted by atomic mass is 127. The van der Waals surface area contributed by atoms with Gasteiger partial charge in [0.15, 0.2) is 0 Å². The maximum absolute atomic E-state index is 6.21. The molecular weight excluding hydrogens is 449 g/mol. The predicted molar refractivity (Wildman–Crippen MR) is 96.8 cm³/mol. The fourth-order valence-corrected chi connectivity index (χ4v) is 3.67. The Balaban J connectivity index is 2.21. The van der Waals surface area contributed by atoms with Crippen LogP contribution >= 0.6 is 49.9 Å². The van der Waals surface area contributed by atoms with Gasteiger partial charge in [0.05, 0.1) is 8.45 Å². The van der Waals surface area contributed by atoms with E-state index in [0.29, 0.717) is 5.82 Å². The summed E-state index contributed by atoms with van der Waals surface area (Å²) in [6.07, 6.45) is 0. The number of aryl methyl sites for hydroxylation is 1. The summed E-state index contributed by atoms with van der Waals surface area (Å²) < 4.78 is 4.02. The molecule has 0 saturated heterocycles. The Morgan fingerprint density at radius 1 is 1.25 bits per heavy atom. The van der Waals surface area contributed by atoms with Gasteiger partial charge in [-0.1, -0.05) is 28.1 Å². The Labute approximate surface area is 143 Å². The van der Waals surface area contributed by atoms with Gasteiger partial charge in [0.2, 0.25) is 0 Å². The quantitative estimate of drug-likeness (QED) is 0.561. The summed E-state index contributed by atoms with van der Waals surface area (Å²) in [5.41, 5.74) is 10.3. The van der Waals surface area contributed by atoms with Crippen molar-refractivity contribution in [3.63, 3.8) is 0 Å². The molecule has 102 valence electrons. The molecule has 0 atom stereocenters. The van der Waals surface area contributed by atoms with Gasteiger partial charge in [-0.25, -0.2) is 0 Å². The van der Waals surface area contributed by atoms with Crippen LogP contribution in [0, 0.1) is 2.88 Å². The maximum Gasteiger partial charge on any atom is 0.129 e. The molecule has 0 unspecified atom stereocenters. The van der Waals surface area contributed by atoms with Crippen molar-refractivity contribution in [3.05, 3.63) is 43.1 Å². The molecule has 0 fully saturated rings. The van der Waals surface area contributed by atoms with Crippen LogP contribution in [0.5, 0.6) is 0 Å². The first-order valence-electron chi connectivity index (χ1n) is 5.89. The Bertz CT molecular complexity index is 761. The lowest BCUT2D eigenvalue weighted by Crippen LogP contribution is -1.97. The highest BCUT2D eigenvalue weighted by Gasteiger charge is 2.18. The molecule has 2 aromatic heterocycles. The molecule has 20 heavy (non-hydrogen) atoms. The smallest absolute Gasteiger partial charge is 0.129 e. The van der Waals surface area contributed by atoms with Gasteiger partial charge in [0.1, 0.15) is 11.5 Å². The van der Waals surface area contributed by atoms with Gasteiger partial charge in [-0.15, -0.1) is 11.3 Å². The number of anilines is 1. The number of benzene rings is 1. The monoisotopic (exact) mass is 459 g/mol. The molecule has 3 aromatic rings. The fraction of sp³-hybridized carbons (Fsp3) is 0.0714. The minimum atomic E-state index is 0.684. The molecule has 0 aliphatic rings. The van der Waals surface area contributed by atoms with Crippen molar-refractivity contribution >= 4 is 55.7 Å². The summed E-state index contributed by atoms with van der Waals surface area (Å²) in [7, 11) is 1.87. The second-order valence-corrected chi connectivity index (χ2v) is 8.10. The zero-order valence-corrected chi connectivity index (χ0v) is 15.2. The van der Waals surface area contributed by atoms with Crippen molar-refractivity contribution in [1.82, 2.24) is 9.78 Å². The number of hydrogen-bond acceptors (Lipinski definition) is 3. The van der Waals surface area contributed by atoms with Gasteiger partial charge in [0, 0.05) is 22.5 Å². The first-order chi connectivity index (χ1) is 9.56. The standard InChI is InChI=1S/C14H11BrIN3S/c1-19-14(17)12(8-2-4-10(15)5-3-8)13(18-19)9-6-11(16)20-7-9/h2-7H,17H2,1H3. The molecule has 1 aromatic carbocycles. The predicted octanol–water partition coefficient (Wildman–Crippen LogP) is 4.76. The van der Waals surface area contributed by atoms with Crippen molar-refractivity contribution in [2.24, 2.45) is 7.05 Å². The van der Waals surface area contributed by atoms with E-state index < -0.39 is 0 Å². The van der Waals surface area contributed by atoms with Crippen molar-refractivity contribution in [2.75, 3.05) is 5.73 Å². The van der Waals surface area contributed by atoms with E-state index >= 15 is 0 Å². The Kier molecular flexibility index (Phi) is 3.87. The number of rotatable bonds is 2. The molecular formula is C14H11BrIN3S. The van der Waals surface area contributed by atoms with Crippen LogP contribution in [0.25, 0.3) is 22.4 Å². The summed E-state index contributed by atoms with van der Waals surface area (Å²) in [4.78, 5) is 0. The lowest BCUT2D eigenvalue weighted by atomic mass is 10.0. The third-order valence-corrected chi connectivity index (χ3v) is 5.38. The number of nitrogens with two attached hydrogens (primary N) is 1. The number of nitrogen functional groups attached to an aromatic ring is 1. The molecule has 3 nitrogen and oxygen atoms in total. The minimum Gasteiger partial charge on any atom is -0.383 e. The molecule has 3 rings (SSSR count). The third kappa shape index (κ3) is 2.51. The Hall–Kier alpha value is -0.860. The first kappa shape index (κ1) is 14.1. The molecule has 6 heteroatoms. The average molecular weight is 460 g/mol. The third-order valence-electron chi connectivity index (χ3n) is 3.07. The van der Waals surface area contributed by atoms with Crippen molar-refractivity contribution < 1.29 is 0 Å². The van der Waals surface area contributed by atoms with E-state index in [-0.39, 0.29) is 0 Å². The molecule has 0 aliphatic carbocycles. The lowest BCUT2D eigenvalue weighted by Gasteiger charge is -2.03. The summed E-state index contributed by atoms with van der Waals surface area (Å²) in [5, 5.41) is 6.69. The largest absolute Gasteiger partial charge is 0.383 e. The molecule has 0 radical (unpaired) electrons. The number of thiophene rings is 1. The number of nitrogens with zero attached hydrogens (tertiary/aromatic N) is 2. The van der Waals surface area contributed by atoms with Gasteiger partial charge in [-0.3, -0.25) is 4.68 Å². The van der Waals surface area contributed by atoms with Crippen LogP contribution in [0.3, 0.4) is 0 Å². The molecule has 0 saturated carbocycles. The molecule has 0 bridgehead atoms. The second-order valence-electron chi connectivity index (χ2n) is 4.38. The van der Waals surface area contributed by atoms with E-state index in [4.69, 9.17) is 5.73 Å². The first-order valence-corrected chi connectivity index (χ1v) is 8.64. The van der Waals surface area contributed by atoms with Gasteiger partial charge in [-0.2, -0.15) is 5.10 Å². The van der Waals surface area contributed by atoms with Crippen molar-refractivity contribution in [3.8, 4) is 22.4 Å². The average Bonchev–Trinajstić information content (AvgIpc) is 2.97. The molecule has 0 aliphatic heterocycles. The van der Waals surface area contributed by atoms with Crippen LogP contribution < -0.4 is 5.73 Å². The second kappa shape index (κ2) is 5.50. The normalized spacial score (nSPS) is 10.9. The van der Waals surface area contributed by atoms with E-state index in [1.165, 1.54) is 2.88 Å². The van der Waals surface area contributed by atoms with Gasteiger partial charge < -0.3 is 5.73 Å². The summed E-state index contributed by atoms with van der Waals surface area (Å²) in [6.45, 7) is 0. The van der Waals surface area contributed by atoms with Gasteiger partial charge in [0.25, 0.3) is 0 Å². The van der Waals surface area contributed by atoms with E-state index in [1.54, 1.807) is 16.0 Å².